The Bertz CT molecular complexity index is 294. The van der Waals surface area contributed by atoms with E-state index in [9.17, 15) is 8.78 Å². The third kappa shape index (κ3) is 2.49. The van der Waals surface area contributed by atoms with Gasteiger partial charge in [0.05, 0.1) is 6.61 Å². The summed E-state index contributed by atoms with van der Waals surface area (Å²) in [5.74, 6) is -2.44. The molecule has 0 amide bonds. The average Bonchev–Trinajstić information content (AvgIpc) is 2.20. The zero-order chi connectivity index (χ0) is 10.6. The molecule has 2 nitrogen and oxygen atoms in total. The van der Waals surface area contributed by atoms with Gasteiger partial charge in [0.2, 0.25) is 5.85 Å². The molecule has 0 aromatic rings. The van der Waals surface area contributed by atoms with E-state index < -0.39 is 11.7 Å². The Balaban J connectivity index is 2.83. The van der Waals surface area contributed by atoms with Crippen LogP contribution in [0.4, 0.5) is 8.78 Å². The SMILES string of the molecule is COC1(F)C=CC(F)=C(/C=C\CO)C1. The van der Waals surface area contributed by atoms with Crippen LogP contribution in [0.3, 0.4) is 0 Å². The van der Waals surface area contributed by atoms with E-state index in [0.717, 1.165) is 12.2 Å². The zero-order valence-electron chi connectivity index (χ0n) is 7.84. The summed E-state index contributed by atoms with van der Waals surface area (Å²) in [6.07, 6.45) is 4.60. The molecule has 1 N–H and O–H groups in total. The Morgan fingerprint density at radius 2 is 2.43 bits per heavy atom. The first kappa shape index (κ1) is 11.1. The third-order valence-corrected chi connectivity index (χ3v) is 1.98. The summed E-state index contributed by atoms with van der Waals surface area (Å²) in [6.45, 7) is -0.202. The molecule has 0 saturated carbocycles. The number of methoxy groups -OCH3 is 1. The van der Waals surface area contributed by atoms with Crippen LogP contribution in [0.5, 0.6) is 0 Å². The Kier molecular flexibility index (Phi) is 3.55. The maximum atomic E-state index is 13.5. The monoisotopic (exact) mass is 202 g/mol. The second-order valence-corrected chi connectivity index (χ2v) is 2.96. The van der Waals surface area contributed by atoms with Gasteiger partial charge in [0.1, 0.15) is 5.83 Å². The Morgan fingerprint density at radius 3 is 3.00 bits per heavy atom. The maximum absolute atomic E-state index is 13.5. The second-order valence-electron chi connectivity index (χ2n) is 2.96. The lowest BCUT2D eigenvalue weighted by Gasteiger charge is -2.23. The molecule has 1 atom stereocenters. The van der Waals surface area contributed by atoms with Gasteiger partial charge in [0.25, 0.3) is 0 Å². The van der Waals surface area contributed by atoms with E-state index in [4.69, 9.17) is 5.11 Å². The molecule has 0 radical (unpaired) electrons. The molecule has 4 heteroatoms. The van der Waals surface area contributed by atoms with Gasteiger partial charge in [-0.3, -0.25) is 0 Å². The lowest BCUT2D eigenvalue weighted by molar-refractivity contribution is -0.0788. The van der Waals surface area contributed by atoms with Gasteiger partial charge in [-0.05, 0) is 17.7 Å². The predicted octanol–water partition coefficient (Wildman–Crippen LogP) is 2.03. The normalized spacial score (nSPS) is 27.7. The fraction of sp³-hybridized carbons (Fsp3) is 0.400. The highest BCUT2D eigenvalue weighted by atomic mass is 19.2. The molecular weight excluding hydrogens is 190 g/mol. The van der Waals surface area contributed by atoms with Crippen molar-refractivity contribution in [2.45, 2.75) is 12.3 Å². The Labute approximate surface area is 81.2 Å². The van der Waals surface area contributed by atoms with Crippen molar-refractivity contribution in [1.82, 2.24) is 0 Å². The maximum Gasteiger partial charge on any atom is 0.232 e. The number of ether oxygens (including phenoxy) is 1. The van der Waals surface area contributed by atoms with Gasteiger partial charge in [-0.1, -0.05) is 12.2 Å². The topological polar surface area (TPSA) is 29.5 Å². The summed E-state index contributed by atoms with van der Waals surface area (Å²) < 4.78 is 31.2. The van der Waals surface area contributed by atoms with Crippen LogP contribution in [0.15, 0.2) is 35.7 Å². The minimum atomic E-state index is -1.94. The molecule has 0 aromatic carbocycles. The van der Waals surface area contributed by atoms with Crippen LogP contribution in [0.2, 0.25) is 0 Å². The summed E-state index contributed by atoms with van der Waals surface area (Å²) in [7, 11) is 1.22. The molecule has 0 aliphatic heterocycles. The zero-order valence-corrected chi connectivity index (χ0v) is 7.84. The third-order valence-electron chi connectivity index (χ3n) is 1.98. The van der Waals surface area contributed by atoms with E-state index in [-0.39, 0.29) is 18.6 Å². The van der Waals surface area contributed by atoms with Crippen molar-refractivity contribution in [2.75, 3.05) is 13.7 Å². The number of allylic oxidation sites excluding steroid dienone is 3. The van der Waals surface area contributed by atoms with Gasteiger partial charge in [0, 0.05) is 13.5 Å². The lowest BCUT2D eigenvalue weighted by atomic mass is 9.99. The average molecular weight is 202 g/mol. The molecule has 1 rings (SSSR count). The Morgan fingerprint density at radius 1 is 1.71 bits per heavy atom. The number of hydrogen-bond donors (Lipinski definition) is 1. The minimum Gasteiger partial charge on any atom is -0.392 e. The van der Waals surface area contributed by atoms with Crippen LogP contribution in [-0.2, 0) is 4.74 Å². The van der Waals surface area contributed by atoms with Gasteiger partial charge >= 0.3 is 0 Å². The van der Waals surface area contributed by atoms with Crippen LogP contribution in [0, 0.1) is 0 Å². The molecule has 1 aliphatic rings. The highest BCUT2D eigenvalue weighted by molar-refractivity contribution is 5.35. The van der Waals surface area contributed by atoms with Crippen molar-refractivity contribution in [3.8, 4) is 0 Å². The summed E-state index contributed by atoms with van der Waals surface area (Å²) >= 11 is 0. The molecule has 0 spiro atoms. The highest BCUT2D eigenvalue weighted by Gasteiger charge is 2.30. The number of aliphatic hydroxyl groups is 1. The van der Waals surface area contributed by atoms with E-state index in [0.29, 0.717) is 0 Å². The van der Waals surface area contributed by atoms with Crippen molar-refractivity contribution in [3.63, 3.8) is 0 Å². The van der Waals surface area contributed by atoms with Crippen molar-refractivity contribution in [2.24, 2.45) is 0 Å². The van der Waals surface area contributed by atoms with Crippen LogP contribution in [0.1, 0.15) is 6.42 Å². The molecule has 0 saturated heterocycles. The van der Waals surface area contributed by atoms with Gasteiger partial charge in [-0.15, -0.1) is 0 Å². The molecule has 0 heterocycles. The van der Waals surface area contributed by atoms with E-state index >= 15 is 0 Å². The molecule has 0 fully saturated rings. The standard InChI is InChI=1S/C10H12F2O2/c1-14-10(12)5-4-9(11)8(7-10)3-2-6-13/h2-5,13H,6-7H2,1H3/b3-2-. The first-order valence-corrected chi connectivity index (χ1v) is 4.20. The molecule has 0 aromatic heterocycles. The van der Waals surface area contributed by atoms with Crippen molar-refractivity contribution >= 4 is 0 Å². The number of aliphatic hydroxyl groups excluding tert-OH is 1. The summed E-state index contributed by atoms with van der Waals surface area (Å²) in [4.78, 5) is 0. The van der Waals surface area contributed by atoms with Gasteiger partial charge in [-0.25, -0.2) is 8.78 Å². The summed E-state index contributed by atoms with van der Waals surface area (Å²) in [5, 5.41) is 8.50. The lowest BCUT2D eigenvalue weighted by Crippen LogP contribution is -2.25. The van der Waals surface area contributed by atoms with Crippen LogP contribution in [-0.4, -0.2) is 24.7 Å². The van der Waals surface area contributed by atoms with E-state index in [1.165, 1.54) is 19.3 Å². The smallest absolute Gasteiger partial charge is 0.232 e. The molecule has 78 valence electrons. The fourth-order valence-electron chi connectivity index (χ4n) is 1.18. The minimum absolute atomic E-state index is 0.178. The van der Waals surface area contributed by atoms with Crippen LogP contribution >= 0.6 is 0 Å². The van der Waals surface area contributed by atoms with Crippen molar-refractivity contribution in [3.05, 3.63) is 35.7 Å². The highest BCUT2D eigenvalue weighted by Crippen LogP contribution is 2.32. The van der Waals surface area contributed by atoms with Crippen LogP contribution < -0.4 is 0 Å². The number of alkyl halides is 1. The summed E-state index contributed by atoms with van der Waals surface area (Å²) in [6, 6.07) is 0. The number of rotatable bonds is 3. The number of halogens is 2. The van der Waals surface area contributed by atoms with E-state index in [1.807, 2.05) is 0 Å². The Hall–Kier alpha value is -1.00. The molecule has 0 bridgehead atoms. The van der Waals surface area contributed by atoms with Crippen molar-refractivity contribution in [1.29, 1.82) is 0 Å². The molecular formula is C10H12F2O2. The first-order chi connectivity index (χ1) is 6.61. The molecule has 14 heavy (non-hydrogen) atoms. The number of hydrogen-bond acceptors (Lipinski definition) is 2. The van der Waals surface area contributed by atoms with Crippen molar-refractivity contribution < 1.29 is 18.6 Å². The first-order valence-electron chi connectivity index (χ1n) is 4.20. The van der Waals surface area contributed by atoms with Gasteiger partial charge < -0.3 is 9.84 Å². The molecule has 1 aliphatic carbocycles. The van der Waals surface area contributed by atoms with Gasteiger partial charge in [-0.2, -0.15) is 0 Å². The van der Waals surface area contributed by atoms with Crippen LogP contribution in [0.25, 0.3) is 0 Å². The largest absolute Gasteiger partial charge is 0.392 e. The fourth-order valence-corrected chi connectivity index (χ4v) is 1.18. The van der Waals surface area contributed by atoms with Gasteiger partial charge in [0.15, 0.2) is 0 Å². The van der Waals surface area contributed by atoms with E-state index in [1.54, 1.807) is 0 Å². The predicted molar refractivity (Wildman–Crippen MR) is 49.0 cm³/mol. The summed E-state index contributed by atoms with van der Waals surface area (Å²) in [5.41, 5.74) is 0.186. The quantitative estimate of drug-likeness (QED) is 0.758. The molecule has 1 unspecified atom stereocenters. The second kappa shape index (κ2) is 4.48. The van der Waals surface area contributed by atoms with E-state index in [2.05, 4.69) is 4.74 Å².